The Bertz CT molecular complexity index is 838. The third kappa shape index (κ3) is 3.60. The van der Waals surface area contributed by atoms with E-state index in [-0.39, 0.29) is 17.9 Å². The van der Waals surface area contributed by atoms with E-state index in [0.717, 1.165) is 16.3 Å². The van der Waals surface area contributed by atoms with E-state index in [0.29, 0.717) is 19.5 Å². The zero-order valence-electron chi connectivity index (χ0n) is 15.0. The van der Waals surface area contributed by atoms with Crippen LogP contribution in [-0.2, 0) is 16.1 Å². The Morgan fingerprint density at radius 2 is 2.15 bits per heavy atom. The highest BCUT2D eigenvalue weighted by atomic mass is 32.1. The van der Waals surface area contributed by atoms with Crippen molar-refractivity contribution in [3.05, 3.63) is 40.7 Å². The van der Waals surface area contributed by atoms with E-state index in [2.05, 4.69) is 15.6 Å². The van der Waals surface area contributed by atoms with Gasteiger partial charge >= 0.3 is 0 Å². The van der Waals surface area contributed by atoms with Crippen LogP contribution in [0.4, 0.5) is 0 Å². The maximum absolute atomic E-state index is 12.5. The fraction of sp³-hybridized carbons (Fsp3) is 0.421. The van der Waals surface area contributed by atoms with Crippen LogP contribution < -0.4 is 10.6 Å². The fourth-order valence-corrected chi connectivity index (χ4v) is 4.41. The van der Waals surface area contributed by atoms with E-state index in [9.17, 15) is 14.7 Å². The summed E-state index contributed by atoms with van der Waals surface area (Å²) in [5, 5.41) is 18.8. The first-order chi connectivity index (χ1) is 13.0. The van der Waals surface area contributed by atoms with Gasteiger partial charge < -0.3 is 20.6 Å². The number of aliphatic hydroxyl groups excluding tert-OH is 1. The Hall–Kier alpha value is -2.29. The molecule has 2 aliphatic rings. The largest absolute Gasteiger partial charge is 0.391 e. The predicted octanol–water partition coefficient (Wildman–Crippen LogP) is 0.748. The van der Waals surface area contributed by atoms with E-state index < -0.39 is 18.2 Å². The summed E-state index contributed by atoms with van der Waals surface area (Å²) in [5.74, 6) is -0.398. The van der Waals surface area contributed by atoms with Crippen LogP contribution in [0.5, 0.6) is 0 Å². The monoisotopic (exact) mass is 386 g/mol. The summed E-state index contributed by atoms with van der Waals surface area (Å²) >= 11 is 1.59. The molecule has 0 spiro atoms. The fourth-order valence-electron chi connectivity index (χ4n) is 3.66. The van der Waals surface area contributed by atoms with Crippen LogP contribution in [0.15, 0.2) is 35.7 Å². The topological polar surface area (TPSA) is 94.6 Å². The van der Waals surface area contributed by atoms with Crippen molar-refractivity contribution in [3.63, 3.8) is 0 Å². The number of amides is 2. The number of rotatable bonds is 5. The quantitative estimate of drug-likeness (QED) is 0.705. The van der Waals surface area contributed by atoms with Crippen LogP contribution in [-0.4, -0.2) is 57.6 Å². The van der Waals surface area contributed by atoms with Gasteiger partial charge in [0.1, 0.15) is 17.1 Å². The molecule has 1 aromatic heterocycles. The molecule has 2 saturated heterocycles. The molecule has 3 heterocycles. The molecule has 2 fully saturated rings. The number of hydrogen-bond donors (Lipinski definition) is 3. The van der Waals surface area contributed by atoms with E-state index in [1.54, 1.807) is 16.2 Å². The molecule has 1 aromatic carbocycles. The number of aliphatic hydroxyl groups is 1. The first-order valence-electron chi connectivity index (χ1n) is 9.05. The second-order valence-corrected chi connectivity index (χ2v) is 7.98. The van der Waals surface area contributed by atoms with Gasteiger partial charge in [-0.25, -0.2) is 4.98 Å². The van der Waals surface area contributed by atoms with Crippen molar-refractivity contribution in [2.24, 2.45) is 0 Å². The van der Waals surface area contributed by atoms with Crippen LogP contribution in [0.25, 0.3) is 11.3 Å². The lowest BCUT2D eigenvalue weighted by Gasteiger charge is -2.35. The van der Waals surface area contributed by atoms with Gasteiger partial charge in [0.2, 0.25) is 11.8 Å². The number of nitrogens with one attached hydrogen (secondary N) is 2. The Labute approximate surface area is 161 Å². The lowest BCUT2D eigenvalue weighted by Crippen LogP contribution is -2.64. The smallest absolute Gasteiger partial charge is 0.248 e. The van der Waals surface area contributed by atoms with Gasteiger partial charge in [0, 0.05) is 30.1 Å². The molecule has 4 rings (SSSR count). The molecular weight excluding hydrogens is 364 g/mol. The van der Waals surface area contributed by atoms with Gasteiger partial charge in [-0.3, -0.25) is 9.59 Å². The number of thiazole rings is 1. The summed E-state index contributed by atoms with van der Waals surface area (Å²) < 4.78 is 0. The van der Waals surface area contributed by atoms with Crippen LogP contribution >= 0.6 is 11.3 Å². The number of benzene rings is 1. The summed E-state index contributed by atoms with van der Waals surface area (Å²) in [6, 6.07) is 8.75. The third-order valence-corrected chi connectivity index (χ3v) is 5.95. The van der Waals surface area contributed by atoms with Gasteiger partial charge in [0.05, 0.1) is 11.8 Å². The van der Waals surface area contributed by atoms with E-state index in [4.69, 9.17) is 0 Å². The van der Waals surface area contributed by atoms with Crippen LogP contribution in [0.1, 0.15) is 18.4 Å². The van der Waals surface area contributed by atoms with Crippen LogP contribution in [0.2, 0.25) is 0 Å². The van der Waals surface area contributed by atoms with Crippen LogP contribution in [0, 0.1) is 0 Å². The summed E-state index contributed by atoms with van der Waals surface area (Å²) in [6.45, 7) is 2.58. The van der Waals surface area contributed by atoms with Crippen molar-refractivity contribution in [1.82, 2.24) is 20.5 Å². The molecule has 27 heavy (non-hydrogen) atoms. The average molecular weight is 386 g/mol. The second-order valence-electron chi connectivity index (χ2n) is 7.04. The lowest BCUT2D eigenvalue weighted by atomic mass is 10.0. The molecule has 0 aliphatic carbocycles. The molecule has 2 amide bonds. The highest BCUT2D eigenvalue weighted by molar-refractivity contribution is 7.09. The Morgan fingerprint density at radius 1 is 1.37 bits per heavy atom. The standard InChI is InChI=1S/C19H22N4O3S/c1-11(24)17-19(26)23-9-13(7-15(23)18(25)22-17)20-8-16-21-14(10-27-16)12-5-3-2-4-6-12/h2-6,10-11,13,15,17,20,24H,7-9H2,1H3,(H,22,25)/t11-,13+,15+,17+/m1/s1. The van der Waals surface area contributed by atoms with Crippen molar-refractivity contribution in [2.45, 2.75) is 44.1 Å². The normalized spacial score (nSPS) is 26.0. The molecule has 0 saturated carbocycles. The zero-order valence-corrected chi connectivity index (χ0v) is 15.8. The van der Waals surface area contributed by atoms with Gasteiger partial charge in [-0.05, 0) is 13.3 Å². The van der Waals surface area contributed by atoms with Crippen molar-refractivity contribution in [3.8, 4) is 11.3 Å². The van der Waals surface area contributed by atoms with E-state index >= 15 is 0 Å². The summed E-state index contributed by atoms with van der Waals surface area (Å²) in [4.78, 5) is 31.0. The van der Waals surface area contributed by atoms with Crippen molar-refractivity contribution in [2.75, 3.05) is 6.54 Å². The van der Waals surface area contributed by atoms with Gasteiger partial charge in [0.15, 0.2) is 0 Å². The Balaban J connectivity index is 1.37. The average Bonchev–Trinajstić information content (AvgIpc) is 3.31. The number of carbonyl (C=O) groups is 2. The third-order valence-electron chi connectivity index (χ3n) is 5.10. The second kappa shape index (κ2) is 7.38. The minimum atomic E-state index is -0.902. The number of nitrogens with zero attached hydrogens (tertiary/aromatic N) is 2. The summed E-state index contributed by atoms with van der Waals surface area (Å²) in [5.41, 5.74) is 2.04. The molecule has 2 aliphatic heterocycles. The van der Waals surface area contributed by atoms with Gasteiger partial charge in [0.25, 0.3) is 0 Å². The number of aromatic nitrogens is 1. The first kappa shape index (κ1) is 18.1. The first-order valence-corrected chi connectivity index (χ1v) is 9.93. The SMILES string of the molecule is C[C@@H](O)[C@@H]1NC(=O)[C@@H]2C[C@H](NCc3nc(-c4ccccc4)cs3)CN2C1=O. The number of hydrogen-bond acceptors (Lipinski definition) is 6. The number of fused-ring (bicyclic) bond motifs is 1. The summed E-state index contributed by atoms with van der Waals surface area (Å²) in [7, 11) is 0. The molecule has 142 valence electrons. The molecule has 0 radical (unpaired) electrons. The zero-order chi connectivity index (χ0) is 19.0. The number of piperazine rings is 1. The van der Waals surface area contributed by atoms with Gasteiger partial charge in [-0.1, -0.05) is 30.3 Å². The van der Waals surface area contributed by atoms with Crippen LogP contribution in [0.3, 0.4) is 0 Å². The van der Waals surface area contributed by atoms with Crippen molar-refractivity contribution in [1.29, 1.82) is 0 Å². The predicted molar refractivity (Wildman–Crippen MR) is 102 cm³/mol. The summed E-state index contributed by atoms with van der Waals surface area (Å²) in [6.07, 6.45) is -0.331. The molecule has 8 heteroatoms. The van der Waals surface area contributed by atoms with E-state index in [1.807, 2.05) is 35.7 Å². The highest BCUT2D eigenvalue weighted by Gasteiger charge is 2.47. The van der Waals surface area contributed by atoms with Gasteiger partial charge in [-0.15, -0.1) is 11.3 Å². The minimum Gasteiger partial charge on any atom is -0.391 e. The molecule has 2 aromatic rings. The molecule has 4 atom stereocenters. The van der Waals surface area contributed by atoms with Gasteiger partial charge in [-0.2, -0.15) is 0 Å². The maximum Gasteiger partial charge on any atom is 0.248 e. The lowest BCUT2D eigenvalue weighted by molar-refractivity contribution is -0.149. The van der Waals surface area contributed by atoms with E-state index in [1.165, 1.54) is 6.92 Å². The molecule has 0 bridgehead atoms. The Morgan fingerprint density at radius 3 is 2.89 bits per heavy atom. The number of carbonyl (C=O) groups excluding carboxylic acids is 2. The molecule has 0 unspecified atom stereocenters. The Kier molecular flexibility index (Phi) is 4.94. The van der Waals surface area contributed by atoms with Crippen molar-refractivity contribution >= 4 is 23.2 Å². The maximum atomic E-state index is 12.5. The minimum absolute atomic E-state index is 0.0292. The van der Waals surface area contributed by atoms with Crippen molar-refractivity contribution < 1.29 is 14.7 Å². The molecule has 7 nitrogen and oxygen atoms in total. The molecular formula is C19H22N4O3S. The molecule has 3 N–H and O–H groups in total. The highest BCUT2D eigenvalue weighted by Crippen LogP contribution is 2.25.